The van der Waals surface area contributed by atoms with Gasteiger partial charge in [-0.15, -0.1) is 12.1 Å². The van der Waals surface area contributed by atoms with Crippen molar-refractivity contribution in [2.45, 2.75) is 37.1 Å². The van der Waals surface area contributed by atoms with Gasteiger partial charge in [-0.3, -0.25) is 0 Å². The molecule has 0 amide bonds. The minimum Gasteiger partial charge on any atom is -0.194 e. The van der Waals surface area contributed by atoms with E-state index >= 15 is 0 Å². The second-order valence-corrected chi connectivity index (χ2v) is 15.7. The van der Waals surface area contributed by atoms with Crippen LogP contribution in [0.3, 0.4) is 0 Å². The van der Waals surface area contributed by atoms with Crippen molar-refractivity contribution in [3.8, 4) is 0 Å². The molecule has 0 nitrogen and oxygen atoms in total. The van der Waals surface area contributed by atoms with Gasteiger partial charge >= 0.3 is 59.4 Å². The molecule has 6 rings (SSSR count). The first-order valence-corrected chi connectivity index (χ1v) is 19.3. The molecule has 0 atom stereocenters. The number of benzene rings is 6. The third kappa shape index (κ3) is 13.3. The number of alkyl halides is 18. The van der Waals surface area contributed by atoms with E-state index in [9.17, 15) is 79.0 Å². The van der Waals surface area contributed by atoms with Crippen molar-refractivity contribution in [3.05, 3.63) is 197 Å². The molecule has 0 aliphatic heterocycles. The van der Waals surface area contributed by atoms with Crippen molar-refractivity contribution in [2.75, 3.05) is 0 Å². The summed E-state index contributed by atoms with van der Waals surface area (Å²) < 4.78 is 250. The maximum atomic E-state index is 14.2. The zero-order chi connectivity index (χ0) is 47.5. The van der Waals surface area contributed by atoms with E-state index in [1.165, 1.54) is 22.0 Å². The van der Waals surface area contributed by atoms with Crippen molar-refractivity contribution in [1.29, 1.82) is 0 Å². The van der Waals surface area contributed by atoms with Crippen LogP contribution in [0.15, 0.2) is 152 Å². The summed E-state index contributed by atoms with van der Waals surface area (Å²) in [7, 11) is -0.446. The standard InChI is InChI=1S/C26H10BF18.C18H15P.Au/c28-21(29,30)13-8-15(23(34,35)36)19(16(9-13)24(37,38)39)27(7-6-12-4-2-1-3-5-12)20-17(25(40,41)42)10-14(22(31,32)33)11-18(20)26(43,44)45;1-4-10-16(11-5-1)19(17-12-6-2-7-13-17)18-14-8-3-9-15-18;/h1-5,7-11H;1-15H;/q-1;;+1. The van der Waals surface area contributed by atoms with Crippen LogP contribution in [0.1, 0.15) is 38.9 Å². The van der Waals surface area contributed by atoms with E-state index in [4.69, 9.17) is 0 Å². The summed E-state index contributed by atoms with van der Waals surface area (Å²) >= 11 is 0. The number of rotatable bonds is 7. The second kappa shape index (κ2) is 20.3. The number of hydrogen-bond acceptors (Lipinski definition) is 0. The van der Waals surface area contributed by atoms with Gasteiger partial charge < -0.3 is 0 Å². The Morgan fingerprint density at radius 3 is 0.831 bits per heavy atom. The predicted molar refractivity (Wildman–Crippen MR) is 206 cm³/mol. The molecule has 0 saturated heterocycles. The summed E-state index contributed by atoms with van der Waals surface area (Å²) in [6.45, 7) is -3.59. The van der Waals surface area contributed by atoms with Crippen molar-refractivity contribution in [2.24, 2.45) is 0 Å². The molecule has 0 aliphatic carbocycles. The number of halogens is 18. The van der Waals surface area contributed by atoms with Crippen LogP contribution in [0.25, 0.3) is 0 Å². The van der Waals surface area contributed by atoms with Crippen LogP contribution in [-0.4, -0.2) is 6.71 Å². The van der Waals surface area contributed by atoms with Gasteiger partial charge in [0.1, 0.15) is 0 Å². The zero-order valence-corrected chi connectivity index (χ0v) is 35.1. The molecule has 0 fully saturated rings. The quantitative estimate of drug-likeness (QED) is 0.0647. The summed E-state index contributed by atoms with van der Waals surface area (Å²) in [6, 6.07) is 34.0. The molecular weight excluding hydrogens is 1110 g/mol. The summed E-state index contributed by atoms with van der Waals surface area (Å²) in [5, 5.41) is 4.19. The van der Waals surface area contributed by atoms with Crippen LogP contribution in [-0.2, 0) is 59.4 Å². The van der Waals surface area contributed by atoms with Gasteiger partial charge in [0.15, 0.2) is 0 Å². The fraction of sp³-hybridized carbons (Fsp3) is 0.136. The second-order valence-electron chi connectivity index (χ2n) is 13.5. The SMILES string of the molecule is FC(F)(F)c1cc(C(F)(F)F)c(B(C=[C-]c2ccccc2)c2c(C(F)(F)F)cc(C(F)(F)F)cc2C(F)(F)F)c(C(F)(F)F)c1.[Au+].c1ccc(P(c2ccccc2)c2ccccc2)cc1. The molecule has 0 N–H and O–H groups in total. The molecule has 6 aromatic carbocycles. The number of hydrogen-bond donors (Lipinski definition) is 0. The van der Waals surface area contributed by atoms with E-state index in [0.717, 1.165) is 24.3 Å². The van der Waals surface area contributed by atoms with Crippen LogP contribution < -0.4 is 26.8 Å². The van der Waals surface area contributed by atoms with Gasteiger partial charge in [-0.05, 0) is 59.0 Å². The molecule has 0 saturated carbocycles. The topological polar surface area (TPSA) is 0 Å². The third-order valence-corrected chi connectivity index (χ3v) is 11.5. The van der Waals surface area contributed by atoms with Crippen LogP contribution >= 0.6 is 7.92 Å². The Kier molecular flexibility index (Phi) is 16.4. The first-order chi connectivity index (χ1) is 29.6. The first-order valence-electron chi connectivity index (χ1n) is 18.0. The van der Waals surface area contributed by atoms with E-state index < -0.39 is 120 Å². The molecule has 6 aromatic rings. The fourth-order valence-corrected chi connectivity index (χ4v) is 8.75. The fourth-order valence-electron chi connectivity index (χ4n) is 6.45. The summed E-state index contributed by atoms with van der Waals surface area (Å²) in [6.07, 6.45) is -35.2. The van der Waals surface area contributed by atoms with Gasteiger partial charge in [0, 0.05) is 0 Å². The van der Waals surface area contributed by atoms with Gasteiger partial charge in [0.25, 0.3) is 0 Å². The average Bonchev–Trinajstić information content (AvgIpc) is 3.20. The van der Waals surface area contributed by atoms with Gasteiger partial charge in [0.05, 0.1) is 33.4 Å². The van der Waals surface area contributed by atoms with E-state index in [2.05, 4.69) is 91.0 Å². The minimum atomic E-state index is -6.29. The van der Waals surface area contributed by atoms with Crippen LogP contribution in [0.4, 0.5) is 79.0 Å². The van der Waals surface area contributed by atoms with Gasteiger partial charge in [0.2, 0.25) is 6.71 Å². The van der Waals surface area contributed by atoms with E-state index in [1.54, 1.807) is 0 Å². The normalized spacial score (nSPS) is 12.7. The van der Waals surface area contributed by atoms with Crippen molar-refractivity contribution < 1.29 is 101 Å². The Morgan fingerprint density at radius 1 is 0.354 bits per heavy atom. The molecule has 0 spiro atoms. The minimum absolute atomic E-state index is 0. The van der Waals surface area contributed by atoms with Gasteiger partial charge in [-0.1, -0.05) is 97.1 Å². The molecule has 0 bridgehead atoms. The molecule has 65 heavy (non-hydrogen) atoms. The molecule has 0 heterocycles. The van der Waals surface area contributed by atoms with E-state index in [0.29, 0.717) is 0 Å². The Morgan fingerprint density at radius 2 is 0.600 bits per heavy atom. The van der Waals surface area contributed by atoms with Crippen molar-refractivity contribution >= 4 is 41.5 Å². The summed E-state index contributed by atoms with van der Waals surface area (Å²) in [5.41, 5.74) is -22.6. The molecule has 21 heteroatoms. The summed E-state index contributed by atoms with van der Waals surface area (Å²) in [4.78, 5) is 0. The first kappa shape index (κ1) is 52.7. The molecule has 346 valence electrons. The van der Waals surface area contributed by atoms with Crippen LogP contribution in [0, 0.1) is 6.08 Å². The summed E-state index contributed by atoms with van der Waals surface area (Å²) in [5.74, 6) is -0.157. The average molecular weight is 1130 g/mol. The van der Waals surface area contributed by atoms with Crippen LogP contribution in [0.2, 0.25) is 0 Å². The monoisotopic (exact) mass is 1130 g/mol. The molecule has 0 radical (unpaired) electrons. The van der Waals surface area contributed by atoms with E-state index in [-0.39, 0.29) is 33.9 Å². The Bertz CT molecular complexity index is 2260. The third-order valence-electron chi connectivity index (χ3n) is 9.09. The smallest absolute Gasteiger partial charge is 0.194 e. The molecular formula is C44H25AuBF18P. The zero-order valence-electron chi connectivity index (χ0n) is 32.1. The Balaban J connectivity index is 0.000000382. The maximum Gasteiger partial charge on any atom is 1.00 e. The Labute approximate surface area is 375 Å². The van der Waals surface area contributed by atoms with Crippen molar-refractivity contribution in [1.82, 2.24) is 0 Å². The maximum absolute atomic E-state index is 14.2. The molecule has 0 aromatic heterocycles. The Hall–Kier alpha value is -4.96. The van der Waals surface area contributed by atoms with Crippen molar-refractivity contribution in [3.63, 3.8) is 0 Å². The van der Waals surface area contributed by atoms with E-state index in [1.807, 2.05) is 6.08 Å². The largest absolute Gasteiger partial charge is 1.00 e. The molecule has 0 aliphatic rings. The van der Waals surface area contributed by atoms with Gasteiger partial charge in [-0.25, -0.2) is 0 Å². The van der Waals surface area contributed by atoms with Gasteiger partial charge in [-0.2, -0.15) is 109 Å². The molecule has 0 unspecified atom stereocenters. The predicted octanol–water partition coefficient (Wildman–Crippen LogP) is 12.8. The van der Waals surface area contributed by atoms with Crippen LogP contribution in [0.5, 0.6) is 0 Å².